The van der Waals surface area contributed by atoms with Crippen LogP contribution in [0, 0.1) is 104 Å². The summed E-state index contributed by atoms with van der Waals surface area (Å²) in [5.41, 5.74) is 4.88. The molecule has 0 saturated heterocycles. The van der Waals surface area contributed by atoms with E-state index in [1.807, 2.05) is 32.9 Å². The van der Waals surface area contributed by atoms with Gasteiger partial charge in [-0.25, -0.2) is 0 Å². The molecule has 0 aliphatic heterocycles. The van der Waals surface area contributed by atoms with E-state index in [2.05, 4.69) is 248 Å². The van der Waals surface area contributed by atoms with Crippen LogP contribution < -0.4 is 14.2 Å². The van der Waals surface area contributed by atoms with E-state index in [-0.39, 0.29) is 73.6 Å². The maximum Gasteiger partial charge on any atom is 0.318 e. The Morgan fingerprint density at radius 2 is 0.581 bits per heavy atom. The predicted molar refractivity (Wildman–Crippen MR) is 423 cm³/mol. The first-order chi connectivity index (χ1) is 50.6. The minimum atomic E-state index is -0.741. The Labute approximate surface area is 632 Å². The number of hydrogen-bond donors (Lipinski definition) is 0. The van der Waals surface area contributed by atoms with E-state index in [9.17, 15) is 19.2 Å². The van der Waals surface area contributed by atoms with Crippen LogP contribution >= 0.6 is 0 Å². The van der Waals surface area contributed by atoms with Crippen molar-refractivity contribution in [1.29, 1.82) is 0 Å². The highest BCUT2D eigenvalue weighted by Crippen LogP contribution is 2.71. The highest BCUT2D eigenvalue weighted by atomic mass is 32.2. The third-order valence-corrected chi connectivity index (χ3v) is 32.6. The van der Waals surface area contributed by atoms with Gasteiger partial charge in [-0.3, -0.25) is 19.2 Å². The average molecular weight is 1450 g/mol. The molecule has 540 valence electrons. The van der Waals surface area contributed by atoms with Gasteiger partial charge in [0.1, 0.15) is 23.0 Å². The van der Waals surface area contributed by atoms with E-state index in [0.717, 1.165) is 86.8 Å². The largest absolute Gasteiger partial charge is 0.426 e. The summed E-state index contributed by atoms with van der Waals surface area (Å²) in [7, 11) is -0.681. The molecule has 2 atom stereocenters. The topological polar surface area (TPSA) is 96.0 Å². The van der Waals surface area contributed by atoms with E-state index in [1.165, 1.54) is 121 Å². The zero-order chi connectivity index (χ0) is 73.0. The zero-order valence-electron chi connectivity index (χ0n) is 62.9. The molecule has 9 aromatic rings. The van der Waals surface area contributed by atoms with Crippen molar-refractivity contribution < 1.29 is 33.4 Å². The Kier molecular flexibility index (Phi) is 20.5. The van der Waals surface area contributed by atoms with Crippen LogP contribution in [-0.2, 0) is 51.9 Å². The van der Waals surface area contributed by atoms with Gasteiger partial charge in [-0.15, -0.1) is 0 Å². The molecule has 10 saturated carbocycles. The van der Waals surface area contributed by atoms with Crippen LogP contribution in [0.3, 0.4) is 0 Å². The fraction of sp³-hybridized carbons (Fsp3) is 0.389. The van der Waals surface area contributed by atoms with Crippen molar-refractivity contribution in [2.24, 2.45) is 62.6 Å². The number of benzene rings is 9. The lowest BCUT2D eigenvalue weighted by molar-refractivity contribution is -0.151. The Morgan fingerprint density at radius 1 is 0.343 bits per heavy atom. The summed E-state index contributed by atoms with van der Waals surface area (Å²) in [6.07, 6.45) is 18.8. The van der Waals surface area contributed by atoms with Crippen molar-refractivity contribution in [3.63, 3.8) is 0 Å². The fourth-order valence-electron chi connectivity index (χ4n) is 21.6. The van der Waals surface area contributed by atoms with E-state index < -0.39 is 16.2 Å². The lowest BCUT2D eigenvalue weighted by atomic mass is 9.49. The Hall–Kier alpha value is -7.89. The molecule has 0 aromatic heterocycles. The number of hydrogen-bond acceptors (Lipinski definition) is 7. The van der Waals surface area contributed by atoms with Crippen molar-refractivity contribution in [2.75, 3.05) is 0 Å². The third-order valence-electron chi connectivity index (χ3n) is 26.0. The molecule has 105 heavy (non-hydrogen) atoms. The lowest BCUT2D eigenvalue weighted by Gasteiger charge is -2.56. The molecule has 0 heterocycles. The molecule has 7 nitrogen and oxygen atoms in total. The van der Waals surface area contributed by atoms with Crippen molar-refractivity contribution in [2.45, 2.75) is 216 Å². The van der Waals surface area contributed by atoms with Gasteiger partial charge in [0.05, 0.1) is 50.9 Å². The zero-order valence-corrected chi connectivity index (χ0v) is 65.3. The van der Waals surface area contributed by atoms with Crippen LogP contribution in [0.2, 0.25) is 0 Å². The highest BCUT2D eigenvalue weighted by Gasteiger charge is 2.73. The van der Waals surface area contributed by atoms with Gasteiger partial charge in [-0.2, -0.15) is 0 Å². The van der Waals surface area contributed by atoms with E-state index in [0.29, 0.717) is 25.0 Å². The molecule has 10 aliphatic rings. The van der Waals surface area contributed by atoms with Crippen LogP contribution in [0.25, 0.3) is 0 Å². The van der Waals surface area contributed by atoms with E-state index in [1.54, 1.807) is 0 Å². The molecule has 10 fully saturated rings. The number of ketones is 1. The first kappa shape index (κ1) is 72.7. The van der Waals surface area contributed by atoms with Gasteiger partial charge in [0.15, 0.2) is 44.1 Å². The molecule has 10 aliphatic carbocycles. The van der Waals surface area contributed by atoms with Crippen molar-refractivity contribution >= 4 is 56.4 Å². The van der Waals surface area contributed by atoms with Crippen LogP contribution in [0.5, 0.6) is 17.2 Å². The van der Waals surface area contributed by atoms with E-state index in [4.69, 9.17) is 14.2 Å². The summed E-state index contributed by atoms with van der Waals surface area (Å²) in [6, 6.07) is 77.1. The van der Waals surface area contributed by atoms with Crippen molar-refractivity contribution in [3.8, 4) is 17.2 Å². The van der Waals surface area contributed by atoms with Gasteiger partial charge in [0.2, 0.25) is 0 Å². The number of Topliss-reactive ketones (excluding diaryl/α,β-unsaturated/α-hetero) is 1. The van der Waals surface area contributed by atoms with E-state index >= 15 is 0 Å². The highest BCUT2D eigenvalue weighted by molar-refractivity contribution is 7.97. The Balaban J connectivity index is 0.000000126. The molecule has 0 radical (unpaired) electrons. The summed E-state index contributed by atoms with van der Waals surface area (Å²) >= 11 is 0. The molecular weight excluding hydrogens is 1350 g/mol. The minimum absolute atomic E-state index is 0.0315. The molecule has 0 spiro atoms. The number of carbonyl (C=O) groups is 4. The van der Waals surface area contributed by atoms with Gasteiger partial charge in [-0.05, 0) is 289 Å². The number of fused-ring (bicyclic) bond motifs is 2. The summed E-state index contributed by atoms with van der Waals surface area (Å²) < 4.78 is 18.4. The normalized spacial score (nSPS) is 26.1. The lowest BCUT2D eigenvalue weighted by Crippen LogP contribution is -2.47. The standard InChI is InChI=1S/2C32H35O2S.C31H33O3S/c2*1-22-13-29(35(27-9-5-3-6-10-27)28-11-7-4-8-12-28)14-23(2)31(22)34-30(33)21-32-18-24-15-25(19-32)17-26(16-24)20-32;1-21-18-25(35(23-12-8-6-9-13-23)24-14-10-7-11-15-24)19-22(2)27(21)34-28(33)31-17-16-30(5,26(32)20-31)29(31,3)4/h2*3-14,24-26H,15-21H2,1-2H3;6-15,18-19H,16-17,20H2,1-5H3/q3*+1. The van der Waals surface area contributed by atoms with Crippen LogP contribution in [0.15, 0.2) is 262 Å². The Morgan fingerprint density at radius 3 is 0.800 bits per heavy atom. The molecule has 9 aromatic carbocycles. The second kappa shape index (κ2) is 29.7. The van der Waals surface area contributed by atoms with Crippen LogP contribution in [0.4, 0.5) is 0 Å². The second-order valence-electron chi connectivity index (χ2n) is 33.6. The number of aryl methyl sites for hydroxylation is 6. The molecule has 10 bridgehead atoms. The van der Waals surface area contributed by atoms with Gasteiger partial charge in [0.25, 0.3) is 0 Å². The van der Waals surface area contributed by atoms with Gasteiger partial charge in [-0.1, -0.05) is 130 Å². The molecular formula is C95H103O7S3+3. The van der Waals surface area contributed by atoms with Crippen molar-refractivity contribution in [3.05, 3.63) is 252 Å². The van der Waals surface area contributed by atoms with Gasteiger partial charge < -0.3 is 14.2 Å². The quantitative estimate of drug-likeness (QED) is 0.0509. The summed E-state index contributed by atoms with van der Waals surface area (Å²) in [5, 5.41) is 0. The number of esters is 3. The average Bonchev–Trinajstić information content (AvgIpc) is 1.52. The first-order valence-electron chi connectivity index (χ1n) is 38.6. The summed E-state index contributed by atoms with van der Waals surface area (Å²) in [4.78, 5) is 64.4. The maximum atomic E-state index is 13.7. The molecule has 19 rings (SSSR count). The molecule has 0 amide bonds. The molecule has 0 N–H and O–H groups in total. The maximum absolute atomic E-state index is 13.7. The van der Waals surface area contributed by atoms with Crippen molar-refractivity contribution in [1.82, 2.24) is 0 Å². The van der Waals surface area contributed by atoms with Crippen LogP contribution in [-0.4, -0.2) is 23.7 Å². The number of rotatable bonds is 17. The summed E-state index contributed by atoms with van der Waals surface area (Å²) in [5.74, 6) is 7.14. The predicted octanol–water partition coefficient (Wildman–Crippen LogP) is 22.9. The third kappa shape index (κ3) is 14.5. The summed E-state index contributed by atoms with van der Waals surface area (Å²) in [6.45, 7) is 18.5. The minimum Gasteiger partial charge on any atom is -0.426 e. The number of ether oxygens (including phenoxy) is 3. The fourth-order valence-corrected chi connectivity index (χ4v) is 28.4. The molecule has 2 unspecified atom stereocenters. The van der Waals surface area contributed by atoms with Gasteiger partial charge in [0, 0.05) is 48.2 Å². The molecule has 10 heteroatoms. The Bertz CT molecular complexity index is 4220. The SMILES string of the molecule is Cc1cc([S+](c2ccccc2)c2ccccc2)cc(C)c1OC(=O)C12CCC(C)(C(=O)C1)C2(C)C.Cc1cc([S+](c2ccccc2)c2ccccc2)cc(C)c1OC(=O)CC12CC3CC(CC(C3)C1)C2.Cc1cc([S+](c2ccccc2)c2ccccc2)cc(C)c1OC(=O)CC12CC3CC(CC(C3)C1)C2. The monoisotopic (exact) mass is 1450 g/mol. The smallest absolute Gasteiger partial charge is 0.318 e. The van der Waals surface area contributed by atoms with Gasteiger partial charge >= 0.3 is 17.9 Å². The first-order valence-corrected chi connectivity index (χ1v) is 42.3. The second-order valence-corrected chi connectivity index (χ2v) is 39.7. The van der Waals surface area contributed by atoms with Crippen LogP contribution in [0.1, 0.15) is 163 Å². The number of carbonyl (C=O) groups excluding carboxylic acids is 4.